The van der Waals surface area contributed by atoms with Gasteiger partial charge < -0.3 is 0 Å². The van der Waals surface area contributed by atoms with Crippen LogP contribution in [0.15, 0.2) is 48.5 Å². The van der Waals surface area contributed by atoms with Gasteiger partial charge in [-0.1, -0.05) is 61.0 Å². The van der Waals surface area contributed by atoms with Crippen molar-refractivity contribution in [1.29, 1.82) is 0 Å². The van der Waals surface area contributed by atoms with Crippen LogP contribution in [0.2, 0.25) is 0 Å². The molecule has 2 aromatic rings. The number of rotatable bonds is 5. The lowest BCUT2D eigenvalue weighted by Crippen LogP contribution is -2.23. The first-order valence-corrected chi connectivity index (χ1v) is 11.5. The smallest absolute Gasteiger partial charge is 0.0184 e. The molecule has 0 spiro atoms. The van der Waals surface area contributed by atoms with Crippen molar-refractivity contribution in [2.75, 3.05) is 0 Å². The molecule has 148 valence electrons. The first-order valence-electron chi connectivity index (χ1n) is 11.5. The fraction of sp³-hybridized carbons (Fsp3) is 0.500. The van der Waals surface area contributed by atoms with Gasteiger partial charge in [-0.2, -0.15) is 0 Å². The maximum Gasteiger partial charge on any atom is -0.0184 e. The number of hydrogen-bond donors (Lipinski definition) is 0. The lowest BCUT2D eigenvalue weighted by Gasteiger charge is -2.36. The van der Waals surface area contributed by atoms with Crippen LogP contribution in [0.3, 0.4) is 0 Å². The summed E-state index contributed by atoms with van der Waals surface area (Å²) in [7, 11) is 0. The Morgan fingerprint density at radius 3 is 1.86 bits per heavy atom. The predicted molar refractivity (Wildman–Crippen MR) is 121 cm³/mol. The molecule has 2 radical (unpaired) electrons. The van der Waals surface area contributed by atoms with E-state index in [0.29, 0.717) is 0 Å². The first kappa shape index (κ1) is 19.7. The lowest BCUT2D eigenvalue weighted by molar-refractivity contribution is 0.286. The monoisotopic (exact) mass is 372 g/mol. The topological polar surface area (TPSA) is 0 Å². The third kappa shape index (κ3) is 5.07. The van der Waals surface area contributed by atoms with Crippen LogP contribution < -0.4 is 0 Å². The Kier molecular flexibility index (Phi) is 6.55. The third-order valence-corrected chi connectivity index (χ3v) is 7.34. The summed E-state index contributed by atoms with van der Waals surface area (Å²) in [5.74, 6) is 5.56. The zero-order valence-corrected chi connectivity index (χ0v) is 17.8. The van der Waals surface area contributed by atoms with Crippen LogP contribution in [0, 0.1) is 30.6 Å². The van der Waals surface area contributed by atoms with E-state index in [2.05, 4.69) is 62.4 Å². The number of benzene rings is 2. The van der Waals surface area contributed by atoms with E-state index in [-0.39, 0.29) is 0 Å². The van der Waals surface area contributed by atoms with E-state index in [9.17, 15) is 0 Å². The summed E-state index contributed by atoms with van der Waals surface area (Å²) < 4.78 is 0. The minimum Gasteiger partial charge on any atom is -0.0591 e. The number of aryl methyl sites for hydroxylation is 2. The molecule has 0 N–H and O–H groups in total. The quantitative estimate of drug-likeness (QED) is 0.497. The maximum absolute atomic E-state index is 2.35. The Bertz CT molecular complexity index is 708. The van der Waals surface area contributed by atoms with Crippen LogP contribution in [0.4, 0.5) is 0 Å². The van der Waals surface area contributed by atoms with Gasteiger partial charge in [0.1, 0.15) is 0 Å². The highest BCUT2D eigenvalue weighted by atomic mass is 14.3. The zero-order chi connectivity index (χ0) is 19.3. The molecule has 0 bridgehead atoms. The van der Waals surface area contributed by atoms with Crippen LogP contribution in [-0.2, 0) is 6.42 Å². The van der Waals surface area contributed by atoms with E-state index in [1.165, 1.54) is 86.5 Å². The molecule has 0 amide bonds. The molecular formula is C28H36. The first-order chi connectivity index (χ1) is 13.7. The van der Waals surface area contributed by atoms with Crippen LogP contribution in [0.5, 0.6) is 0 Å². The molecule has 4 rings (SSSR count). The van der Waals surface area contributed by atoms with Crippen molar-refractivity contribution in [3.05, 3.63) is 71.5 Å². The molecule has 0 unspecified atom stereocenters. The average molecular weight is 373 g/mol. The van der Waals surface area contributed by atoms with Crippen LogP contribution in [-0.4, -0.2) is 0 Å². The second kappa shape index (κ2) is 9.29. The average Bonchev–Trinajstić information content (AvgIpc) is 2.74. The van der Waals surface area contributed by atoms with E-state index in [1.54, 1.807) is 5.92 Å². The second-order valence-electron chi connectivity index (χ2n) is 9.43. The molecule has 2 aliphatic carbocycles. The molecular weight excluding hydrogens is 336 g/mol. The summed E-state index contributed by atoms with van der Waals surface area (Å²) in [6, 6.07) is 18.1. The standard InChI is InChI=1S/C28H36/c1-21-3-13-25(14-4-21)27-17-9-23(10-18-27)7-8-24-11-19-28(20-12-24)26-15-5-22(2)6-16-26/h3-4,9-10,13-14,17-18,24,26H,5-8,11-12,15-16,19-20H2,1-2H3. The molecule has 2 fully saturated rings. The van der Waals surface area contributed by atoms with Crippen molar-refractivity contribution in [3.8, 4) is 11.1 Å². The molecule has 2 aliphatic rings. The van der Waals surface area contributed by atoms with E-state index in [0.717, 1.165) is 11.8 Å². The van der Waals surface area contributed by atoms with E-state index in [4.69, 9.17) is 0 Å². The van der Waals surface area contributed by atoms with Crippen molar-refractivity contribution < 1.29 is 0 Å². The fourth-order valence-corrected chi connectivity index (χ4v) is 5.24. The van der Waals surface area contributed by atoms with Gasteiger partial charge in [0, 0.05) is 0 Å². The summed E-state index contributed by atoms with van der Waals surface area (Å²) in [6.07, 6.45) is 14.0. The van der Waals surface area contributed by atoms with E-state index >= 15 is 0 Å². The fourth-order valence-electron chi connectivity index (χ4n) is 5.24. The van der Waals surface area contributed by atoms with Crippen molar-refractivity contribution in [2.45, 2.75) is 78.1 Å². The molecule has 0 nitrogen and oxygen atoms in total. The Morgan fingerprint density at radius 1 is 0.679 bits per heavy atom. The second-order valence-corrected chi connectivity index (χ2v) is 9.43. The van der Waals surface area contributed by atoms with Crippen LogP contribution in [0.1, 0.15) is 75.8 Å². The Morgan fingerprint density at radius 2 is 1.25 bits per heavy atom. The molecule has 0 heterocycles. The Hall–Kier alpha value is -1.56. The summed E-state index contributed by atoms with van der Waals surface area (Å²) in [4.78, 5) is 0. The largest absolute Gasteiger partial charge is 0.0591 e. The summed E-state index contributed by atoms with van der Waals surface area (Å²) in [6.45, 7) is 4.50. The SMILES string of the molecule is C[C]1CCC([C]2CCC(CCc3ccc(-c4ccc(C)cc4)cc3)CC2)CC1. The van der Waals surface area contributed by atoms with Gasteiger partial charge >= 0.3 is 0 Å². The Balaban J connectivity index is 1.22. The molecule has 0 heteroatoms. The van der Waals surface area contributed by atoms with Crippen molar-refractivity contribution >= 4 is 0 Å². The van der Waals surface area contributed by atoms with Crippen LogP contribution in [0.25, 0.3) is 11.1 Å². The van der Waals surface area contributed by atoms with Gasteiger partial charge in [-0.3, -0.25) is 0 Å². The van der Waals surface area contributed by atoms with Gasteiger partial charge in [-0.15, -0.1) is 0 Å². The highest BCUT2D eigenvalue weighted by Gasteiger charge is 2.30. The van der Waals surface area contributed by atoms with Gasteiger partial charge in [-0.25, -0.2) is 0 Å². The van der Waals surface area contributed by atoms with E-state index in [1.807, 2.05) is 5.92 Å². The molecule has 2 aromatic carbocycles. The van der Waals surface area contributed by atoms with Crippen molar-refractivity contribution in [1.82, 2.24) is 0 Å². The summed E-state index contributed by atoms with van der Waals surface area (Å²) in [5.41, 5.74) is 5.48. The molecule has 2 saturated carbocycles. The third-order valence-electron chi connectivity index (χ3n) is 7.34. The minimum atomic E-state index is 0.942. The lowest BCUT2D eigenvalue weighted by atomic mass is 9.69. The predicted octanol–water partition coefficient (Wildman–Crippen LogP) is 8.14. The maximum atomic E-state index is 2.35. The van der Waals surface area contributed by atoms with Crippen molar-refractivity contribution in [3.63, 3.8) is 0 Å². The van der Waals surface area contributed by atoms with Gasteiger partial charge in [0.2, 0.25) is 0 Å². The highest BCUT2D eigenvalue weighted by Crippen LogP contribution is 2.43. The van der Waals surface area contributed by atoms with Crippen LogP contribution >= 0.6 is 0 Å². The summed E-state index contributed by atoms with van der Waals surface area (Å²) in [5, 5.41) is 0. The number of hydrogen-bond acceptors (Lipinski definition) is 0. The van der Waals surface area contributed by atoms with Gasteiger partial charge in [0.15, 0.2) is 0 Å². The van der Waals surface area contributed by atoms with Gasteiger partial charge in [0.25, 0.3) is 0 Å². The molecule has 0 atom stereocenters. The minimum absolute atomic E-state index is 0.942. The molecule has 0 aromatic heterocycles. The zero-order valence-electron chi connectivity index (χ0n) is 17.8. The van der Waals surface area contributed by atoms with Gasteiger partial charge in [0.05, 0.1) is 0 Å². The van der Waals surface area contributed by atoms with Gasteiger partial charge in [-0.05, 0) is 111 Å². The Labute approximate surface area is 172 Å². The molecule has 28 heavy (non-hydrogen) atoms. The van der Waals surface area contributed by atoms with Crippen molar-refractivity contribution in [2.24, 2.45) is 11.8 Å². The molecule has 0 aliphatic heterocycles. The normalized spacial score (nSPS) is 20.5. The summed E-state index contributed by atoms with van der Waals surface area (Å²) >= 11 is 0. The highest BCUT2D eigenvalue weighted by molar-refractivity contribution is 5.63. The molecule has 0 saturated heterocycles. The van der Waals surface area contributed by atoms with E-state index < -0.39 is 0 Å².